The van der Waals surface area contributed by atoms with Crippen LogP contribution in [0.2, 0.25) is 0 Å². The molecular weight excluding hydrogens is 757 g/mol. The Labute approximate surface area is 360 Å². The first-order chi connectivity index (χ1) is 30.8. The van der Waals surface area contributed by atoms with Gasteiger partial charge >= 0.3 is 0 Å². The van der Waals surface area contributed by atoms with Gasteiger partial charge in [0.25, 0.3) is 0 Å². The Hall–Kier alpha value is -8.28. The third-order valence-electron chi connectivity index (χ3n) is 12.4. The van der Waals surface area contributed by atoms with Crippen molar-refractivity contribution in [1.29, 1.82) is 0 Å². The van der Waals surface area contributed by atoms with Crippen molar-refractivity contribution in [3.05, 3.63) is 253 Å². The van der Waals surface area contributed by atoms with Crippen LogP contribution in [0.4, 0.5) is 34.1 Å². The number of rotatable bonds is 8. The van der Waals surface area contributed by atoms with Gasteiger partial charge in [-0.1, -0.05) is 133 Å². The van der Waals surface area contributed by atoms with E-state index in [1.807, 2.05) is 30.3 Å². The first kappa shape index (κ1) is 35.6. The Morgan fingerprint density at radius 3 is 1.08 bits per heavy atom. The van der Waals surface area contributed by atoms with Crippen LogP contribution in [0.1, 0.15) is 22.3 Å². The lowest BCUT2D eigenvalue weighted by atomic mass is 9.70. The summed E-state index contributed by atoms with van der Waals surface area (Å²) in [6, 6.07) is 82.3. The fourth-order valence-electron chi connectivity index (χ4n) is 9.81. The molecule has 0 radical (unpaired) electrons. The van der Waals surface area contributed by atoms with E-state index < -0.39 is 5.41 Å². The lowest BCUT2D eigenvalue weighted by Gasteiger charge is -2.33. The molecule has 2 aliphatic rings. The Morgan fingerprint density at radius 1 is 0.290 bits per heavy atom. The summed E-state index contributed by atoms with van der Waals surface area (Å²) in [5, 5.41) is 8.76. The number of para-hydroxylation sites is 3. The molecule has 0 atom stereocenters. The zero-order valence-electron chi connectivity index (χ0n) is 33.6. The van der Waals surface area contributed by atoms with Crippen molar-refractivity contribution >= 4 is 34.1 Å². The zero-order chi connectivity index (χ0) is 41.0. The molecule has 0 saturated heterocycles. The van der Waals surface area contributed by atoms with Gasteiger partial charge in [-0.15, -0.1) is 10.2 Å². The van der Waals surface area contributed by atoms with E-state index >= 15 is 0 Å². The van der Waals surface area contributed by atoms with Crippen LogP contribution in [0.5, 0.6) is 0 Å². The smallest absolute Gasteiger partial charge is 0.248 e. The Bertz CT molecular complexity index is 3150. The lowest BCUT2D eigenvalue weighted by molar-refractivity contribution is 0.584. The molecule has 10 aromatic rings. The molecule has 1 aromatic heterocycles. The molecule has 0 N–H and O–H groups in total. The van der Waals surface area contributed by atoms with E-state index in [4.69, 9.17) is 4.42 Å². The van der Waals surface area contributed by atoms with E-state index in [1.165, 1.54) is 44.5 Å². The average Bonchev–Trinajstić information content (AvgIpc) is 4.04. The summed E-state index contributed by atoms with van der Waals surface area (Å²) in [7, 11) is 0. The highest BCUT2D eigenvalue weighted by Gasteiger charge is 2.52. The van der Waals surface area contributed by atoms with E-state index in [2.05, 4.69) is 220 Å². The first-order valence-corrected chi connectivity index (χ1v) is 21.0. The molecule has 0 amide bonds. The SMILES string of the molecule is c1ccc(-c2nnc(-c3ccc(N(c4ccccc4)c4ccc5c(c4)C4(c6ccccc6-c6ccccc64)c4cc(N(c6ccccc6)c6ccccc6)ccc4-5)cc3)o2)cc1. The van der Waals surface area contributed by atoms with Gasteiger partial charge in [-0.3, -0.25) is 0 Å². The Morgan fingerprint density at radius 2 is 0.629 bits per heavy atom. The predicted octanol–water partition coefficient (Wildman–Crippen LogP) is 14.7. The van der Waals surface area contributed by atoms with Gasteiger partial charge in [0.15, 0.2) is 0 Å². The number of hydrogen-bond donors (Lipinski definition) is 0. The van der Waals surface area contributed by atoms with Crippen LogP contribution in [0.15, 0.2) is 235 Å². The highest BCUT2D eigenvalue weighted by atomic mass is 16.4. The topological polar surface area (TPSA) is 45.4 Å². The maximum absolute atomic E-state index is 6.15. The summed E-state index contributed by atoms with van der Waals surface area (Å²) in [5.41, 5.74) is 17.8. The predicted molar refractivity (Wildman–Crippen MR) is 251 cm³/mol. The van der Waals surface area contributed by atoms with Gasteiger partial charge in [0.1, 0.15) is 0 Å². The van der Waals surface area contributed by atoms with Crippen LogP contribution in [0, 0.1) is 0 Å². The Balaban J connectivity index is 1.04. The van der Waals surface area contributed by atoms with Crippen molar-refractivity contribution in [1.82, 2.24) is 10.2 Å². The van der Waals surface area contributed by atoms with E-state index in [-0.39, 0.29) is 0 Å². The van der Waals surface area contributed by atoms with Gasteiger partial charge < -0.3 is 14.2 Å². The molecule has 62 heavy (non-hydrogen) atoms. The summed E-state index contributed by atoms with van der Waals surface area (Å²) in [6.07, 6.45) is 0. The van der Waals surface area contributed by atoms with Crippen LogP contribution in [0.3, 0.4) is 0 Å². The minimum atomic E-state index is -0.566. The van der Waals surface area contributed by atoms with Crippen molar-refractivity contribution in [2.45, 2.75) is 5.41 Å². The molecule has 1 spiro atoms. The number of nitrogens with zero attached hydrogens (tertiary/aromatic N) is 4. The van der Waals surface area contributed by atoms with Crippen molar-refractivity contribution in [3.63, 3.8) is 0 Å². The van der Waals surface area contributed by atoms with Gasteiger partial charge in [0.2, 0.25) is 11.8 Å². The van der Waals surface area contributed by atoms with Gasteiger partial charge in [-0.2, -0.15) is 0 Å². The molecule has 9 aromatic carbocycles. The summed E-state index contributed by atoms with van der Waals surface area (Å²) in [6.45, 7) is 0. The molecule has 0 fully saturated rings. The highest BCUT2D eigenvalue weighted by Crippen LogP contribution is 2.64. The minimum absolute atomic E-state index is 0.481. The summed E-state index contributed by atoms with van der Waals surface area (Å²) >= 11 is 0. The summed E-state index contributed by atoms with van der Waals surface area (Å²) in [5.74, 6) is 0.980. The molecule has 0 saturated carbocycles. The van der Waals surface area contributed by atoms with Crippen molar-refractivity contribution in [2.24, 2.45) is 0 Å². The fourth-order valence-corrected chi connectivity index (χ4v) is 9.81. The molecule has 0 aliphatic heterocycles. The molecule has 5 nitrogen and oxygen atoms in total. The normalized spacial score (nSPS) is 12.6. The average molecular weight is 795 g/mol. The third-order valence-corrected chi connectivity index (χ3v) is 12.4. The van der Waals surface area contributed by atoms with Crippen molar-refractivity contribution < 1.29 is 4.42 Å². The maximum Gasteiger partial charge on any atom is 0.248 e. The van der Waals surface area contributed by atoms with E-state index in [0.717, 1.165) is 45.3 Å². The molecule has 292 valence electrons. The molecular formula is C57H38N4O. The van der Waals surface area contributed by atoms with Gasteiger partial charge in [-0.05, 0) is 142 Å². The van der Waals surface area contributed by atoms with E-state index in [1.54, 1.807) is 0 Å². The zero-order valence-corrected chi connectivity index (χ0v) is 33.6. The number of benzene rings is 9. The second-order valence-corrected chi connectivity index (χ2v) is 15.8. The summed E-state index contributed by atoms with van der Waals surface area (Å²) < 4.78 is 6.15. The van der Waals surface area contributed by atoms with Crippen molar-refractivity contribution in [3.8, 4) is 45.2 Å². The maximum atomic E-state index is 6.15. The second kappa shape index (κ2) is 14.5. The van der Waals surface area contributed by atoms with Gasteiger partial charge in [0.05, 0.1) is 5.41 Å². The standard InChI is InChI=1S/C57H38N4O/c1-5-17-39(18-6-1)55-58-59-56(62-55)40-29-31-44(32-30-40)61(43-23-11-4-12-24-43)46-34-36-50-49-35-33-45(60(41-19-7-2-8-20-41)42-21-9-3-10-22-42)37-53(49)57(54(50)38-46)51-27-15-13-25-47(51)48-26-14-16-28-52(48)57/h1-38H. The minimum Gasteiger partial charge on any atom is -0.416 e. The number of fused-ring (bicyclic) bond motifs is 10. The molecule has 0 unspecified atom stereocenters. The first-order valence-electron chi connectivity index (χ1n) is 21.0. The van der Waals surface area contributed by atoms with Crippen LogP contribution >= 0.6 is 0 Å². The molecule has 5 heteroatoms. The van der Waals surface area contributed by atoms with Crippen LogP contribution in [-0.2, 0) is 5.41 Å². The lowest BCUT2D eigenvalue weighted by Crippen LogP contribution is -2.26. The number of hydrogen-bond acceptors (Lipinski definition) is 5. The number of aromatic nitrogens is 2. The van der Waals surface area contributed by atoms with Crippen LogP contribution in [0.25, 0.3) is 45.2 Å². The van der Waals surface area contributed by atoms with E-state index in [9.17, 15) is 0 Å². The van der Waals surface area contributed by atoms with Crippen LogP contribution in [-0.4, -0.2) is 10.2 Å². The monoisotopic (exact) mass is 794 g/mol. The molecule has 1 heterocycles. The molecule has 0 bridgehead atoms. The van der Waals surface area contributed by atoms with Crippen LogP contribution < -0.4 is 9.80 Å². The molecule has 12 rings (SSSR count). The third kappa shape index (κ3) is 5.56. The summed E-state index contributed by atoms with van der Waals surface area (Å²) in [4.78, 5) is 4.71. The van der Waals surface area contributed by atoms with E-state index in [0.29, 0.717) is 11.8 Å². The van der Waals surface area contributed by atoms with Crippen molar-refractivity contribution in [2.75, 3.05) is 9.80 Å². The molecule has 2 aliphatic carbocycles. The van der Waals surface area contributed by atoms with Gasteiger partial charge in [0, 0.05) is 45.3 Å². The quantitative estimate of drug-likeness (QED) is 0.153. The van der Waals surface area contributed by atoms with Gasteiger partial charge in [-0.25, -0.2) is 0 Å². The second-order valence-electron chi connectivity index (χ2n) is 15.8. The Kier molecular flexibility index (Phi) is 8.32. The number of anilines is 6. The fraction of sp³-hybridized carbons (Fsp3) is 0.0175. The highest BCUT2D eigenvalue weighted by molar-refractivity contribution is 5.97. The largest absolute Gasteiger partial charge is 0.416 e.